The molecule has 0 heterocycles. The summed E-state index contributed by atoms with van der Waals surface area (Å²) in [5.41, 5.74) is 0. The van der Waals surface area contributed by atoms with E-state index in [-0.39, 0.29) is 35.6 Å². The molecule has 1 saturated carbocycles. The smallest absolute Gasteiger partial charge is 0.306 e. The Labute approximate surface area is 180 Å². The van der Waals surface area contributed by atoms with Crippen molar-refractivity contribution >= 4 is 11.8 Å². The normalized spacial score (nSPS) is 24.0. The molecule has 170 valence electrons. The van der Waals surface area contributed by atoms with Gasteiger partial charge >= 0.3 is 5.97 Å². The van der Waals surface area contributed by atoms with Crippen LogP contribution in [-0.2, 0) is 14.3 Å². The van der Waals surface area contributed by atoms with Gasteiger partial charge in [0.05, 0.1) is 6.10 Å². The molecule has 0 bridgehead atoms. The topological polar surface area (TPSA) is 43.4 Å². The van der Waals surface area contributed by atoms with E-state index in [1.54, 1.807) is 6.08 Å². The van der Waals surface area contributed by atoms with Crippen molar-refractivity contribution in [3.8, 4) is 0 Å². The first-order valence-electron chi connectivity index (χ1n) is 11.2. The highest BCUT2D eigenvalue weighted by molar-refractivity contribution is 5.84. The molecule has 0 amide bonds. The predicted molar refractivity (Wildman–Crippen MR) is 117 cm³/mol. The molecule has 0 aromatic rings. The number of carbonyl (C=O) groups is 2. The van der Waals surface area contributed by atoms with Gasteiger partial charge in [-0.05, 0) is 57.4 Å². The van der Waals surface area contributed by atoms with Gasteiger partial charge in [0.1, 0.15) is 5.78 Å². The number of hydrogen-bond acceptors (Lipinski definition) is 3. The van der Waals surface area contributed by atoms with Crippen molar-refractivity contribution in [3.63, 3.8) is 0 Å². The number of esters is 1. The summed E-state index contributed by atoms with van der Waals surface area (Å²) in [6.45, 7) is 9.00. The molecule has 0 saturated heterocycles. The first kappa shape index (κ1) is 26.3. The van der Waals surface area contributed by atoms with Crippen molar-refractivity contribution in [2.45, 2.75) is 85.2 Å². The molecule has 1 aliphatic rings. The van der Waals surface area contributed by atoms with Gasteiger partial charge in [-0.3, -0.25) is 9.59 Å². The molecule has 0 aromatic heterocycles. The Morgan fingerprint density at radius 3 is 2.57 bits per heavy atom. The number of alkyl halides is 2. The third-order valence-corrected chi connectivity index (χ3v) is 5.54. The van der Waals surface area contributed by atoms with E-state index in [1.165, 1.54) is 13.0 Å². The van der Waals surface area contributed by atoms with Gasteiger partial charge in [0.15, 0.2) is 0 Å². The van der Waals surface area contributed by atoms with Gasteiger partial charge in [-0.15, -0.1) is 0 Å². The Bertz CT molecular complexity index is 634. The van der Waals surface area contributed by atoms with Crippen LogP contribution < -0.4 is 0 Å². The molecule has 30 heavy (non-hydrogen) atoms. The second-order valence-electron chi connectivity index (χ2n) is 8.63. The van der Waals surface area contributed by atoms with Gasteiger partial charge in [-0.25, -0.2) is 8.78 Å². The van der Waals surface area contributed by atoms with E-state index < -0.39 is 11.8 Å². The maximum atomic E-state index is 14.1. The van der Waals surface area contributed by atoms with Crippen molar-refractivity contribution in [3.05, 3.63) is 36.5 Å². The zero-order valence-corrected chi connectivity index (χ0v) is 19.1. The third kappa shape index (κ3) is 8.93. The minimum absolute atomic E-state index is 0.0171. The highest BCUT2D eigenvalue weighted by Gasteiger charge is 2.38. The van der Waals surface area contributed by atoms with Gasteiger partial charge in [-0.2, -0.15) is 0 Å². The standard InChI is InChI=1S/C25H38F2O3/c1-6-7-16-25(26,27)20(5)14-15-21-19(4)17-23(28)22(21)12-10-8-9-11-13-24(29)30-18(2)3/h7-8,10,14-16,18-22H,6,9,11-13,17H2,1-5H3/b10-8-,15-14+,16-7+/t19-,20?,21+,22-/m1/s1. The van der Waals surface area contributed by atoms with Crippen LogP contribution in [0.4, 0.5) is 8.78 Å². The Kier molecular flexibility index (Phi) is 11.2. The quantitative estimate of drug-likeness (QED) is 0.199. The lowest BCUT2D eigenvalue weighted by Gasteiger charge is -2.20. The highest BCUT2D eigenvalue weighted by Crippen LogP contribution is 2.38. The molecule has 0 aliphatic heterocycles. The van der Waals surface area contributed by atoms with E-state index in [4.69, 9.17) is 4.74 Å². The van der Waals surface area contributed by atoms with Gasteiger partial charge in [0.2, 0.25) is 0 Å². The molecule has 0 spiro atoms. The van der Waals surface area contributed by atoms with Crippen molar-refractivity contribution in [2.24, 2.45) is 23.7 Å². The second-order valence-corrected chi connectivity index (χ2v) is 8.63. The van der Waals surface area contributed by atoms with Gasteiger partial charge in [0.25, 0.3) is 5.92 Å². The van der Waals surface area contributed by atoms with E-state index in [9.17, 15) is 18.4 Å². The lowest BCUT2D eigenvalue weighted by molar-refractivity contribution is -0.147. The number of allylic oxidation sites excluding steroid dienone is 6. The molecule has 5 heteroatoms. The number of ether oxygens (including phenoxy) is 1. The number of hydrogen-bond donors (Lipinski definition) is 0. The van der Waals surface area contributed by atoms with Gasteiger partial charge < -0.3 is 4.74 Å². The number of ketones is 1. The summed E-state index contributed by atoms with van der Waals surface area (Å²) in [6.07, 6.45) is 13.2. The first-order chi connectivity index (χ1) is 14.1. The fraction of sp³-hybridized carbons (Fsp3) is 0.680. The van der Waals surface area contributed by atoms with E-state index >= 15 is 0 Å². The third-order valence-electron chi connectivity index (χ3n) is 5.54. The zero-order valence-electron chi connectivity index (χ0n) is 19.1. The molecular formula is C25H38F2O3. The van der Waals surface area contributed by atoms with Crippen LogP contribution in [0.1, 0.15) is 73.1 Å². The van der Waals surface area contributed by atoms with E-state index in [2.05, 4.69) is 0 Å². The monoisotopic (exact) mass is 424 g/mol. The minimum Gasteiger partial charge on any atom is -0.463 e. The van der Waals surface area contributed by atoms with E-state index in [0.717, 1.165) is 12.5 Å². The first-order valence-corrected chi connectivity index (χ1v) is 11.2. The average Bonchev–Trinajstić information content (AvgIpc) is 2.92. The minimum atomic E-state index is -2.88. The highest BCUT2D eigenvalue weighted by atomic mass is 19.3. The molecule has 0 aromatic carbocycles. The number of carbonyl (C=O) groups excluding carboxylic acids is 2. The van der Waals surface area contributed by atoms with Crippen LogP contribution in [0.2, 0.25) is 0 Å². The largest absolute Gasteiger partial charge is 0.463 e. The number of rotatable bonds is 12. The fourth-order valence-electron chi connectivity index (χ4n) is 3.73. The molecule has 0 N–H and O–H groups in total. The van der Waals surface area contributed by atoms with Gasteiger partial charge in [-0.1, -0.05) is 51.2 Å². The Morgan fingerprint density at radius 1 is 1.23 bits per heavy atom. The van der Waals surface area contributed by atoms with Crippen LogP contribution in [0.25, 0.3) is 0 Å². The van der Waals surface area contributed by atoms with Crippen molar-refractivity contribution < 1.29 is 23.1 Å². The summed E-state index contributed by atoms with van der Waals surface area (Å²) in [6, 6.07) is 0. The summed E-state index contributed by atoms with van der Waals surface area (Å²) in [7, 11) is 0. The average molecular weight is 425 g/mol. The molecule has 1 aliphatic carbocycles. The van der Waals surface area contributed by atoms with Gasteiger partial charge in [0, 0.05) is 24.7 Å². The maximum Gasteiger partial charge on any atom is 0.306 e. The lowest BCUT2D eigenvalue weighted by atomic mass is 9.86. The Balaban J connectivity index is 2.59. The summed E-state index contributed by atoms with van der Waals surface area (Å²) in [5.74, 6) is -3.81. The van der Waals surface area contributed by atoms with Crippen molar-refractivity contribution in [1.82, 2.24) is 0 Å². The molecule has 1 rings (SSSR count). The lowest BCUT2D eigenvalue weighted by Crippen LogP contribution is -2.22. The van der Waals surface area contributed by atoms with Crippen LogP contribution in [0, 0.1) is 23.7 Å². The van der Waals surface area contributed by atoms with E-state index in [0.29, 0.717) is 32.1 Å². The molecule has 1 unspecified atom stereocenters. The van der Waals surface area contributed by atoms with Crippen molar-refractivity contribution in [1.29, 1.82) is 0 Å². The number of halogens is 2. The fourth-order valence-corrected chi connectivity index (χ4v) is 3.73. The van der Waals surface area contributed by atoms with Crippen LogP contribution in [0.5, 0.6) is 0 Å². The van der Waals surface area contributed by atoms with E-state index in [1.807, 2.05) is 45.9 Å². The predicted octanol–water partition coefficient (Wildman–Crippen LogP) is 6.69. The number of unbranched alkanes of at least 4 members (excludes halogenated alkanes) is 1. The van der Waals surface area contributed by atoms with Crippen molar-refractivity contribution in [2.75, 3.05) is 0 Å². The zero-order chi connectivity index (χ0) is 22.7. The summed E-state index contributed by atoms with van der Waals surface area (Å²) >= 11 is 0. The molecular weight excluding hydrogens is 386 g/mol. The molecule has 1 fully saturated rings. The Hall–Kier alpha value is -1.78. The SMILES string of the molecule is CC/C=C/C(F)(F)C(C)/C=C/[C@H]1[C@H](C)CC(=O)[C@@H]1C/C=C\CCCC(=O)OC(C)C. The van der Waals surface area contributed by atoms with Crippen LogP contribution in [0.15, 0.2) is 36.5 Å². The number of Topliss-reactive ketones (excluding diaryl/α,β-unsaturated/α-hetero) is 1. The maximum absolute atomic E-state index is 14.1. The van der Waals surface area contributed by atoms with Crippen LogP contribution in [-0.4, -0.2) is 23.8 Å². The van der Waals surface area contributed by atoms with Crippen LogP contribution in [0.3, 0.4) is 0 Å². The summed E-state index contributed by atoms with van der Waals surface area (Å²) < 4.78 is 33.4. The Morgan fingerprint density at radius 2 is 1.93 bits per heavy atom. The molecule has 0 radical (unpaired) electrons. The summed E-state index contributed by atoms with van der Waals surface area (Å²) in [5, 5.41) is 0. The second kappa shape index (κ2) is 12.8. The molecule has 4 atom stereocenters. The molecule has 3 nitrogen and oxygen atoms in total. The summed E-state index contributed by atoms with van der Waals surface area (Å²) in [4.78, 5) is 23.9. The van der Waals surface area contributed by atoms with Crippen LogP contribution >= 0.6 is 0 Å².